The third-order valence-corrected chi connectivity index (χ3v) is 8.65. The van der Waals surface area contributed by atoms with Crippen molar-refractivity contribution in [3.05, 3.63) is 45.7 Å². The van der Waals surface area contributed by atoms with Crippen molar-refractivity contribution < 1.29 is 33.6 Å². The first kappa shape index (κ1) is 25.2. The van der Waals surface area contributed by atoms with Gasteiger partial charge in [0.1, 0.15) is 20.0 Å². The van der Waals surface area contributed by atoms with Crippen LogP contribution in [0.2, 0.25) is 0 Å². The van der Waals surface area contributed by atoms with Crippen molar-refractivity contribution in [2.75, 3.05) is 53.2 Å². The highest BCUT2D eigenvalue weighted by atomic mass is 16.7. The average molecular weight is 501 g/mol. The Labute approximate surface area is 211 Å². The van der Waals surface area contributed by atoms with Crippen molar-refractivity contribution >= 4 is 11.9 Å². The number of likely N-dealkylation sites (tertiary alicyclic amines) is 2. The summed E-state index contributed by atoms with van der Waals surface area (Å²) in [7, 11) is 1.64. The van der Waals surface area contributed by atoms with Gasteiger partial charge in [0, 0.05) is 37.7 Å². The fraction of sp³-hybridized carbons (Fsp3) is 0.630. The lowest BCUT2D eigenvalue weighted by Gasteiger charge is -2.52. The van der Waals surface area contributed by atoms with Gasteiger partial charge in [-0.25, -0.2) is 9.59 Å². The summed E-state index contributed by atoms with van der Waals surface area (Å²) in [6.45, 7) is 8.52. The molecule has 9 heteroatoms. The van der Waals surface area contributed by atoms with Crippen molar-refractivity contribution in [2.45, 2.75) is 51.9 Å². The molecular formula is C27H36N2O7. The first-order valence-electron chi connectivity index (χ1n) is 12.8. The van der Waals surface area contributed by atoms with Gasteiger partial charge in [-0.05, 0) is 63.4 Å². The number of nitrogens with zero attached hydrogens (tertiary/aromatic N) is 2. The van der Waals surface area contributed by atoms with Gasteiger partial charge in [0.05, 0.1) is 29.0 Å². The minimum Gasteiger partial charge on any atom is -0.457 e. The number of rotatable bonds is 7. The smallest absolute Gasteiger partial charge is 0.338 e. The van der Waals surface area contributed by atoms with Gasteiger partial charge < -0.3 is 33.9 Å². The van der Waals surface area contributed by atoms with Crippen LogP contribution in [-0.4, -0.2) is 86.2 Å². The predicted molar refractivity (Wildman–Crippen MR) is 130 cm³/mol. The van der Waals surface area contributed by atoms with E-state index in [2.05, 4.69) is 9.80 Å². The van der Waals surface area contributed by atoms with Crippen LogP contribution in [0.5, 0.6) is 0 Å². The highest BCUT2D eigenvalue weighted by Gasteiger charge is 2.47. The average Bonchev–Trinajstić information content (AvgIpc) is 3.42. The Bertz CT molecular complexity index is 1060. The molecule has 2 saturated heterocycles. The van der Waals surface area contributed by atoms with Gasteiger partial charge in [-0.15, -0.1) is 0 Å². The number of benzene rings is 1. The summed E-state index contributed by atoms with van der Waals surface area (Å²) in [6, 6.07) is 3.63. The number of carbonyl (C=O) groups is 2. The van der Waals surface area contributed by atoms with Gasteiger partial charge in [-0.2, -0.15) is 0 Å². The van der Waals surface area contributed by atoms with E-state index >= 15 is 0 Å². The number of carbonyl (C=O) groups excluding carboxylic acids is 2. The standard InChI is InChI=1S/C27H36N2O7/c1-17-19(4-5-20-21(17)14-34-26(20)32)23(30)12-28-9-6-27(7-10-28)8-11-29(13-24(27)36-16-33-3)22-15-35-25(31)18(22)2/h4-5,23-24,30H,6-16H2,1-3H3/t23-,24-/m0/s1. The number of aliphatic hydroxyl groups excluding tert-OH is 1. The lowest BCUT2D eigenvalue weighted by Crippen LogP contribution is -2.56. The lowest BCUT2D eigenvalue weighted by molar-refractivity contribution is -0.157. The Morgan fingerprint density at radius 3 is 2.50 bits per heavy atom. The van der Waals surface area contributed by atoms with Gasteiger partial charge in [0.25, 0.3) is 0 Å². The predicted octanol–water partition coefficient (Wildman–Crippen LogP) is 2.31. The molecule has 1 N–H and O–H groups in total. The van der Waals surface area contributed by atoms with Crippen LogP contribution in [0.3, 0.4) is 0 Å². The Balaban J connectivity index is 1.23. The zero-order chi connectivity index (χ0) is 25.4. The molecular weight excluding hydrogens is 464 g/mol. The Kier molecular flexibility index (Phi) is 7.09. The molecule has 0 aliphatic carbocycles. The van der Waals surface area contributed by atoms with Gasteiger partial charge in [0.2, 0.25) is 0 Å². The third kappa shape index (κ3) is 4.53. The number of esters is 2. The van der Waals surface area contributed by atoms with Crippen LogP contribution in [0.25, 0.3) is 0 Å². The zero-order valence-corrected chi connectivity index (χ0v) is 21.4. The Morgan fingerprint density at radius 2 is 1.81 bits per heavy atom. The molecule has 0 aromatic heterocycles. The summed E-state index contributed by atoms with van der Waals surface area (Å²) < 4.78 is 21.9. The van der Waals surface area contributed by atoms with Crippen LogP contribution in [0.1, 0.15) is 59.3 Å². The van der Waals surface area contributed by atoms with E-state index in [9.17, 15) is 14.7 Å². The van der Waals surface area contributed by atoms with Crippen LogP contribution in [-0.2, 0) is 30.3 Å². The summed E-state index contributed by atoms with van der Waals surface area (Å²) in [5.74, 6) is -0.519. The molecule has 1 aromatic carbocycles. The summed E-state index contributed by atoms with van der Waals surface area (Å²) in [5.41, 5.74) is 5.00. The maximum absolute atomic E-state index is 11.9. The molecule has 1 spiro atoms. The fourth-order valence-corrected chi connectivity index (χ4v) is 6.25. The van der Waals surface area contributed by atoms with Gasteiger partial charge in [-0.1, -0.05) is 6.07 Å². The molecule has 0 bridgehead atoms. The molecule has 0 radical (unpaired) electrons. The minimum absolute atomic E-state index is 0.00855. The molecule has 0 amide bonds. The Morgan fingerprint density at radius 1 is 1.08 bits per heavy atom. The summed E-state index contributed by atoms with van der Waals surface area (Å²) in [6.07, 6.45) is 2.28. The second-order valence-corrected chi connectivity index (χ2v) is 10.5. The number of piperidine rings is 2. The van der Waals surface area contributed by atoms with Crippen LogP contribution < -0.4 is 0 Å². The van der Waals surface area contributed by atoms with Crippen molar-refractivity contribution in [1.82, 2.24) is 9.80 Å². The van der Waals surface area contributed by atoms with Crippen molar-refractivity contribution in [3.63, 3.8) is 0 Å². The SMILES string of the molecule is COCO[C@H]1CN(C2=C(C)C(=O)OC2)CCC12CCN(C[C@H](O)c1ccc3c(c1C)COC3=O)CC2. The van der Waals surface area contributed by atoms with E-state index in [1.807, 2.05) is 19.9 Å². The van der Waals surface area contributed by atoms with Crippen LogP contribution >= 0.6 is 0 Å². The second kappa shape index (κ2) is 10.1. The molecule has 2 atom stereocenters. The number of ether oxygens (including phenoxy) is 4. The van der Waals surface area contributed by atoms with Gasteiger partial charge in [-0.3, -0.25) is 0 Å². The maximum atomic E-state index is 11.9. The fourth-order valence-electron chi connectivity index (χ4n) is 6.25. The van der Waals surface area contributed by atoms with Crippen LogP contribution in [0.15, 0.2) is 23.4 Å². The summed E-state index contributed by atoms with van der Waals surface area (Å²) in [4.78, 5) is 28.3. The largest absolute Gasteiger partial charge is 0.457 e. The third-order valence-electron chi connectivity index (χ3n) is 8.65. The van der Waals surface area contributed by atoms with Crippen LogP contribution in [0, 0.1) is 12.3 Å². The van der Waals surface area contributed by atoms with E-state index in [0.29, 0.717) is 30.8 Å². The highest BCUT2D eigenvalue weighted by Crippen LogP contribution is 2.44. The molecule has 0 saturated carbocycles. The van der Waals surface area contributed by atoms with Crippen molar-refractivity contribution in [3.8, 4) is 0 Å². The molecule has 5 rings (SSSR count). The highest BCUT2D eigenvalue weighted by molar-refractivity contribution is 5.94. The number of hydrogen-bond donors (Lipinski definition) is 1. The molecule has 4 heterocycles. The summed E-state index contributed by atoms with van der Waals surface area (Å²) >= 11 is 0. The van der Waals surface area contributed by atoms with E-state index in [4.69, 9.17) is 18.9 Å². The number of methoxy groups -OCH3 is 1. The van der Waals surface area contributed by atoms with E-state index in [1.165, 1.54) is 0 Å². The first-order chi connectivity index (χ1) is 17.3. The van der Waals surface area contributed by atoms with E-state index in [-0.39, 0.29) is 36.9 Å². The molecule has 9 nitrogen and oxygen atoms in total. The minimum atomic E-state index is -0.628. The van der Waals surface area contributed by atoms with Crippen LogP contribution in [0.4, 0.5) is 0 Å². The number of β-amino-alcohol motifs (C(OH)–C–C–N with tert-alkyl or cyclic N) is 1. The number of cyclic esters (lactones) is 2. The number of fused-ring (bicyclic) bond motifs is 1. The first-order valence-corrected chi connectivity index (χ1v) is 12.8. The molecule has 196 valence electrons. The van der Waals surface area contributed by atoms with E-state index < -0.39 is 6.10 Å². The Hall–Kier alpha value is -2.46. The van der Waals surface area contributed by atoms with Gasteiger partial charge in [0.15, 0.2) is 0 Å². The van der Waals surface area contributed by atoms with Crippen molar-refractivity contribution in [2.24, 2.45) is 5.41 Å². The van der Waals surface area contributed by atoms with Gasteiger partial charge >= 0.3 is 11.9 Å². The molecule has 4 aliphatic heterocycles. The quantitative estimate of drug-likeness (QED) is 0.447. The van der Waals surface area contributed by atoms with E-state index in [0.717, 1.165) is 61.3 Å². The number of aliphatic hydroxyl groups is 1. The zero-order valence-electron chi connectivity index (χ0n) is 21.4. The molecule has 2 fully saturated rings. The lowest BCUT2D eigenvalue weighted by atomic mass is 9.69. The van der Waals surface area contributed by atoms with E-state index in [1.54, 1.807) is 13.2 Å². The topological polar surface area (TPSA) is 97.8 Å². The van der Waals surface area contributed by atoms with Crippen molar-refractivity contribution in [1.29, 1.82) is 0 Å². The molecule has 4 aliphatic rings. The monoisotopic (exact) mass is 500 g/mol. The normalized spacial score (nSPS) is 24.8. The maximum Gasteiger partial charge on any atom is 0.338 e. The number of hydrogen-bond acceptors (Lipinski definition) is 9. The second-order valence-electron chi connectivity index (χ2n) is 10.5. The summed E-state index contributed by atoms with van der Waals surface area (Å²) in [5, 5.41) is 11.1. The molecule has 36 heavy (non-hydrogen) atoms. The molecule has 0 unspecified atom stereocenters. The molecule has 1 aromatic rings.